The normalized spacial score (nSPS) is 19.7. The highest BCUT2D eigenvalue weighted by Gasteiger charge is 2.48. The number of nitrogens with zero attached hydrogens (tertiary/aromatic N) is 1. The number of ether oxygens (including phenoxy) is 1. The first-order valence-electron chi connectivity index (χ1n) is 8.31. The zero-order valence-electron chi connectivity index (χ0n) is 14.9. The van der Waals surface area contributed by atoms with Crippen LogP contribution >= 0.6 is 15.9 Å². The van der Waals surface area contributed by atoms with E-state index in [0.29, 0.717) is 15.4 Å². The molecule has 7 nitrogen and oxygen atoms in total. The van der Waals surface area contributed by atoms with Crippen LogP contribution in [0.3, 0.4) is 0 Å². The molecule has 0 bridgehead atoms. The van der Waals surface area contributed by atoms with E-state index in [1.807, 2.05) is 6.92 Å². The van der Waals surface area contributed by atoms with Gasteiger partial charge in [0.05, 0.1) is 10.4 Å². The monoisotopic (exact) mass is 462 g/mol. The average molecular weight is 463 g/mol. The van der Waals surface area contributed by atoms with E-state index in [-0.39, 0.29) is 10.5 Å². The summed E-state index contributed by atoms with van der Waals surface area (Å²) in [7, 11) is -3.93. The van der Waals surface area contributed by atoms with E-state index in [0.717, 1.165) is 9.54 Å². The number of aryl methyl sites for hydroxylation is 1. The number of cyclic esters (lactones) is 1. The quantitative estimate of drug-likeness (QED) is 0.643. The highest BCUT2D eigenvalue weighted by Crippen LogP contribution is 2.38. The van der Waals surface area contributed by atoms with E-state index in [1.54, 1.807) is 30.3 Å². The molecule has 1 aliphatic heterocycles. The molecule has 0 spiro atoms. The van der Waals surface area contributed by atoms with E-state index in [9.17, 15) is 18.0 Å². The van der Waals surface area contributed by atoms with E-state index in [4.69, 9.17) is 4.74 Å². The largest absolute Gasteiger partial charge is 0.428 e. The summed E-state index contributed by atoms with van der Waals surface area (Å²) in [5, 5.41) is 2.58. The van der Waals surface area contributed by atoms with E-state index < -0.39 is 27.6 Å². The first-order valence-corrected chi connectivity index (χ1v) is 10.5. The summed E-state index contributed by atoms with van der Waals surface area (Å²) in [4.78, 5) is 24.1. The number of rotatable bonds is 3. The van der Waals surface area contributed by atoms with Crippen molar-refractivity contribution in [3.8, 4) is 0 Å². The van der Waals surface area contributed by atoms with Crippen LogP contribution in [0.15, 0.2) is 58.0 Å². The van der Waals surface area contributed by atoms with Gasteiger partial charge in [-0.05, 0) is 44.2 Å². The van der Waals surface area contributed by atoms with Gasteiger partial charge in [0.1, 0.15) is 0 Å². The second-order valence-electron chi connectivity index (χ2n) is 6.70. The number of carbonyl (C=O) groups excluding carboxylic acids is 2. The molecule has 3 aromatic rings. The van der Waals surface area contributed by atoms with E-state index in [1.165, 1.54) is 25.3 Å². The van der Waals surface area contributed by atoms with Gasteiger partial charge in [0, 0.05) is 21.6 Å². The lowest BCUT2D eigenvalue weighted by molar-refractivity contribution is -0.130. The third kappa shape index (κ3) is 2.73. The summed E-state index contributed by atoms with van der Waals surface area (Å²) in [6.45, 7) is 3.30. The van der Waals surface area contributed by atoms with E-state index >= 15 is 0 Å². The second kappa shape index (κ2) is 6.18. The summed E-state index contributed by atoms with van der Waals surface area (Å²) in [6.07, 6.45) is 0.467. The van der Waals surface area contributed by atoms with Crippen molar-refractivity contribution < 1.29 is 22.7 Å². The Morgan fingerprint density at radius 3 is 2.39 bits per heavy atom. The van der Waals surface area contributed by atoms with E-state index in [2.05, 4.69) is 21.2 Å². The molecule has 2 heterocycles. The molecule has 4 rings (SSSR count). The van der Waals surface area contributed by atoms with Gasteiger partial charge < -0.3 is 4.74 Å². The van der Waals surface area contributed by atoms with Crippen LogP contribution in [0.2, 0.25) is 0 Å². The number of imide groups is 1. The molecule has 0 saturated carbocycles. The standard InChI is InChI=1S/C19H15BrN2O5S/c1-11-3-6-13(7-4-11)28(25,26)22-10-15(14-9-12(20)5-8-16(14)22)19(2)17(23)21-18(24)27-19/h3-10H,1-2H3,(H,21,23,24). The van der Waals surface area contributed by atoms with Crippen LogP contribution in [0.5, 0.6) is 0 Å². The highest BCUT2D eigenvalue weighted by molar-refractivity contribution is 9.10. The van der Waals surface area contributed by atoms with Crippen molar-refractivity contribution in [1.29, 1.82) is 0 Å². The van der Waals surface area contributed by atoms with Crippen molar-refractivity contribution in [1.82, 2.24) is 9.29 Å². The highest BCUT2D eigenvalue weighted by atomic mass is 79.9. The van der Waals surface area contributed by atoms with Crippen LogP contribution in [-0.4, -0.2) is 24.4 Å². The van der Waals surface area contributed by atoms with Crippen molar-refractivity contribution >= 4 is 48.9 Å². The lowest BCUT2D eigenvalue weighted by atomic mass is 9.95. The number of aromatic nitrogens is 1. The number of hydrogen-bond acceptors (Lipinski definition) is 5. The van der Waals surface area contributed by atoms with Crippen molar-refractivity contribution in [3.63, 3.8) is 0 Å². The summed E-state index contributed by atoms with van der Waals surface area (Å²) in [5.41, 5.74) is -0.0500. The van der Waals surface area contributed by atoms with Crippen LogP contribution in [0.1, 0.15) is 18.1 Å². The Labute approximate surface area is 169 Å². The average Bonchev–Trinajstić information content (AvgIpc) is 3.13. The SMILES string of the molecule is Cc1ccc(S(=O)(=O)n2cc(C3(C)OC(=O)NC3=O)c3cc(Br)ccc32)cc1. The summed E-state index contributed by atoms with van der Waals surface area (Å²) in [5.74, 6) is -0.649. The van der Waals surface area contributed by atoms with Gasteiger partial charge >= 0.3 is 6.09 Å². The molecule has 144 valence electrons. The Kier molecular flexibility index (Phi) is 4.13. The van der Waals surface area contributed by atoms with Gasteiger partial charge in [-0.15, -0.1) is 0 Å². The summed E-state index contributed by atoms with van der Waals surface area (Å²) >= 11 is 3.37. The Bertz CT molecular complexity index is 1250. The first kappa shape index (κ1) is 18.7. The molecular formula is C19H15BrN2O5S. The number of benzene rings is 2. The minimum atomic E-state index is -3.93. The molecule has 1 aromatic heterocycles. The van der Waals surface area contributed by atoms with Gasteiger partial charge in [-0.25, -0.2) is 17.2 Å². The third-order valence-electron chi connectivity index (χ3n) is 4.77. The second-order valence-corrected chi connectivity index (χ2v) is 9.43. The zero-order valence-corrected chi connectivity index (χ0v) is 17.3. The number of alkyl carbamates (subject to hydrolysis) is 1. The predicted octanol–water partition coefficient (Wildman–Crippen LogP) is 3.43. The van der Waals surface area contributed by atoms with Gasteiger partial charge in [-0.2, -0.15) is 0 Å². The first-order chi connectivity index (χ1) is 13.1. The topological polar surface area (TPSA) is 94.5 Å². The van der Waals surface area contributed by atoms with Gasteiger partial charge in [0.2, 0.25) is 5.60 Å². The molecule has 1 saturated heterocycles. The van der Waals surface area contributed by atoms with Crippen molar-refractivity contribution in [2.45, 2.75) is 24.3 Å². The number of halogens is 1. The molecule has 2 aromatic carbocycles. The van der Waals surface area contributed by atoms with Crippen molar-refractivity contribution in [2.24, 2.45) is 0 Å². The van der Waals surface area contributed by atoms with Gasteiger partial charge in [0.25, 0.3) is 15.9 Å². The number of amides is 2. The van der Waals surface area contributed by atoms with Crippen LogP contribution < -0.4 is 5.32 Å². The Balaban J connectivity index is 2.00. The number of hydrogen-bond donors (Lipinski definition) is 1. The molecule has 1 atom stereocenters. The summed E-state index contributed by atoms with van der Waals surface area (Å²) in [6, 6.07) is 11.5. The molecule has 1 fully saturated rings. The fraction of sp³-hybridized carbons (Fsp3) is 0.158. The van der Waals surface area contributed by atoms with Crippen molar-refractivity contribution in [3.05, 3.63) is 64.3 Å². The lowest BCUT2D eigenvalue weighted by Crippen LogP contribution is -2.33. The molecule has 1 unspecified atom stereocenters. The Hall–Kier alpha value is -2.65. The van der Waals surface area contributed by atoms with Gasteiger partial charge in [0.15, 0.2) is 0 Å². The van der Waals surface area contributed by atoms with Crippen LogP contribution in [0.4, 0.5) is 4.79 Å². The molecule has 9 heteroatoms. The molecule has 0 radical (unpaired) electrons. The zero-order chi connectivity index (χ0) is 20.3. The Morgan fingerprint density at radius 2 is 1.79 bits per heavy atom. The predicted molar refractivity (Wildman–Crippen MR) is 105 cm³/mol. The van der Waals surface area contributed by atoms with Gasteiger partial charge in [-0.1, -0.05) is 33.6 Å². The molecule has 2 amide bonds. The fourth-order valence-electron chi connectivity index (χ4n) is 3.22. The number of nitrogens with one attached hydrogen (secondary N) is 1. The minimum Gasteiger partial charge on any atom is -0.428 e. The van der Waals surface area contributed by atoms with Crippen LogP contribution in [-0.2, 0) is 25.2 Å². The maximum absolute atomic E-state index is 13.3. The van der Waals surface area contributed by atoms with Crippen LogP contribution in [0.25, 0.3) is 10.9 Å². The van der Waals surface area contributed by atoms with Crippen molar-refractivity contribution in [2.75, 3.05) is 0 Å². The smallest absolute Gasteiger partial charge is 0.415 e. The molecular weight excluding hydrogens is 448 g/mol. The van der Waals surface area contributed by atoms with Gasteiger partial charge in [-0.3, -0.25) is 10.1 Å². The summed E-state index contributed by atoms with van der Waals surface area (Å²) < 4.78 is 33.6. The maximum Gasteiger partial charge on any atom is 0.415 e. The molecule has 0 aliphatic carbocycles. The molecule has 1 N–H and O–H groups in total. The lowest BCUT2D eigenvalue weighted by Gasteiger charge is -2.18. The number of carbonyl (C=O) groups is 2. The maximum atomic E-state index is 13.3. The fourth-order valence-corrected chi connectivity index (χ4v) is 4.95. The molecule has 1 aliphatic rings. The number of fused-ring (bicyclic) bond motifs is 1. The molecule has 28 heavy (non-hydrogen) atoms. The Morgan fingerprint density at radius 1 is 1.11 bits per heavy atom. The minimum absolute atomic E-state index is 0.113. The third-order valence-corrected chi connectivity index (χ3v) is 6.95. The van der Waals surface area contributed by atoms with Crippen LogP contribution in [0, 0.1) is 6.92 Å².